The summed E-state index contributed by atoms with van der Waals surface area (Å²) >= 11 is 0. The number of aliphatic hydroxyl groups excluding tert-OH is 9. The first kappa shape index (κ1) is 23.8. The number of ether oxygens (including phenoxy) is 3. The van der Waals surface area contributed by atoms with Gasteiger partial charge in [0.25, 0.3) is 0 Å². The third-order valence-corrected chi connectivity index (χ3v) is 4.92. The lowest BCUT2D eigenvalue weighted by Gasteiger charge is -2.46. The molecule has 0 unspecified atom stereocenters. The lowest BCUT2D eigenvalue weighted by atomic mass is 9.91. The Hall–Kier alpha value is -0.520. The van der Waals surface area contributed by atoms with E-state index in [0.29, 0.717) is 0 Å². The van der Waals surface area contributed by atoms with Gasteiger partial charge in [-0.3, -0.25) is 0 Å². The highest BCUT2D eigenvalue weighted by molar-refractivity contribution is 4.97. The van der Waals surface area contributed by atoms with E-state index in [1.54, 1.807) is 0 Å². The van der Waals surface area contributed by atoms with Gasteiger partial charge in [-0.25, -0.2) is 0 Å². The highest BCUT2D eigenvalue weighted by Crippen LogP contribution is 2.30. The molecule has 2 aliphatic heterocycles. The summed E-state index contributed by atoms with van der Waals surface area (Å²) in [6, 6.07) is 0. The van der Waals surface area contributed by atoms with Gasteiger partial charge in [0.05, 0.1) is 13.2 Å². The minimum Gasteiger partial charge on any atom is -0.394 e. The molecule has 2 fully saturated rings. The molecular weight excluding hydrogens is 388 g/mol. The zero-order chi connectivity index (χ0) is 21.4. The van der Waals surface area contributed by atoms with Crippen LogP contribution in [0.1, 0.15) is 6.92 Å². The molecule has 2 rings (SSSR count). The fraction of sp³-hybridized carbons (Fsp3) is 1.00. The van der Waals surface area contributed by atoms with Gasteiger partial charge in [0, 0.05) is 0 Å². The van der Waals surface area contributed by atoms with Crippen molar-refractivity contribution < 1.29 is 65.3 Å². The van der Waals surface area contributed by atoms with E-state index in [9.17, 15) is 46.0 Å². The third-order valence-electron chi connectivity index (χ3n) is 4.92. The van der Waals surface area contributed by atoms with Crippen molar-refractivity contribution in [2.45, 2.75) is 80.0 Å². The van der Waals surface area contributed by atoms with Crippen LogP contribution < -0.4 is 0 Å². The lowest BCUT2D eigenvalue weighted by molar-refractivity contribution is -0.356. The van der Waals surface area contributed by atoms with Crippen LogP contribution in [0.4, 0.5) is 0 Å². The zero-order valence-corrected chi connectivity index (χ0v) is 15.0. The Balaban J connectivity index is 2.01. The molecule has 0 aromatic carbocycles. The van der Waals surface area contributed by atoms with E-state index < -0.39 is 86.3 Å². The molecule has 2 heterocycles. The van der Waals surface area contributed by atoms with Crippen LogP contribution in [0, 0.1) is 0 Å². The molecule has 10 N–H and O–H groups in total. The summed E-state index contributed by atoms with van der Waals surface area (Å²) in [5, 5.41) is 97.7. The Kier molecular flexibility index (Phi) is 7.72. The molecule has 12 atom stereocenters. The van der Waals surface area contributed by atoms with Crippen molar-refractivity contribution in [1.29, 1.82) is 0 Å². The van der Waals surface area contributed by atoms with E-state index in [-0.39, 0.29) is 0 Å². The first-order valence-corrected chi connectivity index (χ1v) is 8.65. The van der Waals surface area contributed by atoms with Gasteiger partial charge >= 0.3 is 0 Å². The predicted molar refractivity (Wildman–Crippen MR) is 85.3 cm³/mol. The topological polar surface area (TPSA) is 230 Å². The highest BCUT2D eigenvalue weighted by atomic mass is 16.7. The van der Waals surface area contributed by atoms with Crippen LogP contribution in [-0.2, 0) is 14.2 Å². The quantitative estimate of drug-likeness (QED) is 0.194. The summed E-state index contributed by atoms with van der Waals surface area (Å²) < 4.78 is 15.3. The molecule has 2 saturated heterocycles. The standard InChI is InChI=1S/C15H28O13/c1-15(25)13(24)9(22)8(21)12(28-15)5(18)3-26-14-10(23)6(19)7(20)11(27-14)4(17)2-16/h4-14,16-25H,2-3H2,1H3/t4-,5-,6+,7+,8+,9+,10+,11-,12-,13+,14+,15+/m1/s1. The Labute approximate surface area is 159 Å². The first-order valence-electron chi connectivity index (χ1n) is 8.65. The lowest BCUT2D eigenvalue weighted by Crippen LogP contribution is -2.66. The SMILES string of the molecule is C[C@]1(O)O[C@H]([C@H](O)CO[C@H]2O[C@H]([C@H](O)CO)[C@@H](O)[C@H](O)[C@@H]2O)[C@@H](O)[C@H](O)[C@@H]1O. The van der Waals surface area contributed by atoms with Crippen molar-refractivity contribution in [2.75, 3.05) is 13.2 Å². The van der Waals surface area contributed by atoms with Gasteiger partial charge in [-0.15, -0.1) is 0 Å². The largest absolute Gasteiger partial charge is 0.394 e. The van der Waals surface area contributed by atoms with Crippen LogP contribution in [0.25, 0.3) is 0 Å². The molecule has 0 radical (unpaired) electrons. The molecule has 13 nitrogen and oxygen atoms in total. The number of aliphatic hydroxyl groups is 10. The summed E-state index contributed by atoms with van der Waals surface area (Å²) in [7, 11) is 0. The monoisotopic (exact) mass is 416 g/mol. The molecular formula is C15H28O13. The number of hydrogen-bond donors (Lipinski definition) is 10. The fourth-order valence-electron chi connectivity index (χ4n) is 3.14. The Bertz CT molecular complexity index is 504. The fourth-order valence-corrected chi connectivity index (χ4v) is 3.14. The van der Waals surface area contributed by atoms with Crippen molar-refractivity contribution in [2.24, 2.45) is 0 Å². The van der Waals surface area contributed by atoms with Gasteiger partial charge < -0.3 is 65.3 Å². The van der Waals surface area contributed by atoms with E-state index in [1.807, 2.05) is 0 Å². The van der Waals surface area contributed by atoms with Crippen LogP contribution in [0.2, 0.25) is 0 Å². The van der Waals surface area contributed by atoms with Crippen molar-refractivity contribution in [3.05, 3.63) is 0 Å². The zero-order valence-electron chi connectivity index (χ0n) is 15.0. The van der Waals surface area contributed by atoms with Gasteiger partial charge in [0.1, 0.15) is 61.0 Å². The maximum Gasteiger partial charge on any atom is 0.192 e. The maximum atomic E-state index is 10.2. The molecule has 2 aliphatic rings. The van der Waals surface area contributed by atoms with Crippen molar-refractivity contribution >= 4 is 0 Å². The average molecular weight is 416 g/mol. The molecule has 0 aromatic heterocycles. The van der Waals surface area contributed by atoms with Crippen LogP contribution in [-0.4, -0.2) is 137 Å². The normalized spacial score (nSPS) is 49.6. The second-order valence-electron chi connectivity index (χ2n) is 7.15. The second kappa shape index (κ2) is 9.09. The van der Waals surface area contributed by atoms with E-state index in [0.717, 1.165) is 6.92 Å². The maximum absolute atomic E-state index is 10.2. The molecule has 28 heavy (non-hydrogen) atoms. The molecule has 0 bridgehead atoms. The summed E-state index contributed by atoms with van der Waals surface area (Å²) in [6.45, 7) is -0.496. The van der Waals surface area contributed by atoms with Crippen LogP contribution in [0.15, 0.2) is 0 Å². The van der Waals surface area contributed by atoms with Crippen molar-refractivity contribution in [3.8, 4) is 0 Å². The Morgan fingerprint density at radius 3 is 2.00 bits per heavy atom. The smallest absolute Gasteiger partial charge is 0.192 e. The summed E-state index contributed by atoms with van der Waals surface area (Å²) in [5.74, 6) is -2.28. The number of hydrogen-bond acceptors (Lipinski definition) is 13. The first-order chi connectivity index (χ1) is 12.9. The molecule has 0 aliphatic carbocycles. The summed E-state index contributed by atoms with van der Waals surface area (Å²) in [4.78, 5) is 0. The van der Waals surface area contributed by atoms with E-state index in [4.69, 9.17) is 19.3 Å². The minimum absolute atomic E-state index is 0.701. The van der Waals surface area contributed by atoms with Crippen molar-refractivity contribution in [1.82, 2.24) is 0 Å². The average Bonchev–Trinajstić information content (AvgIpc) is 2.66. The molecule has 13 heteroatoms. The Morgan fingerprint density at radius 1 is 0.857 bits per heavy atom. The molecule has 0 aromatic rings. The van der Waals surface area contributed by atoms with Crippen LogP contribution in [0.3, 0.4) is 0 Å². The van der Waals surface area contributed by atoms with Gasteiger partial charge in [-0.05, 0) is 6.92 Å². The van der Waals surface area contributed by atoms with Gasteiger partial charge in [-0.1, -0.05) is 0 Å². The predicted octanol–water partition coefficient (Wildman–Crippen LogP) is -6.29. The van der Waals surface area contributed by atoms with Crippen molar-refractivity contribution in [3.63, 3.8) is 0 Å². The minimum atomic E-state index is -2.28. The molecule has 0 spiro atoms. The third kappa shape index (κ3) is 4.62. The Morgan fingerprint density at radius 2 is 1.43 bits per heavy atom. The summed E-state index contributed by atoms with van der Waals surface area (Å²) in [6.07, 6.45) is -18.8. The molecule has 0 amide bonds. The van der Waals surface area contributed by atoms with Gasteiger partial charge in [0.2, 0.25) is 0 Å². The molecule has 0 saturated carbocycles. The van der Waals surface area contributed by atoms with Crippen LogP contribution in [0.5, 0.6) is 0 Å². The van der Waals surface area contributed by atoms with E-state index in [2.05, 4.69) is 0 Å². The molecule has 166 valence electrons. The van der Waals surface area contributed by atoms with Crippen LogP contribution >= 0.6 is 0 Å². The summed E-state index contributed by atoms with van der Waals surface area (Å²) in [5.41, 5.74) is 0. The van der Waals surface area contributed by atoms with Gasteiger partial charge in [-0.2, -0.15) is 0 Å². The van der Waals surface area contributed by atoms with E-state index >= 15 is 0 Å². The second-order valence-corrected chi connectivity index (χ2v) is 7.15. The van der Waals surface area contributed by atoms with E-state index in [1.165, 1.54) is 0 Å². The number of rotatable bonds is 6. The highest BCUT2D eigenvalue weighted by Gasteiger charge is 2.52. The van der Waals surface area contributed by atoms with Gasteiger partial charge in [0.15, 0.2) is 12.1 Å².